The molecule has 2 amide bonds. The molecule has 4 aromatic carbocycles. The molecule has 88 heavy (non-hydrogen) atoms. The Hall–Kier alpha value is -5.91. The van der Waals surface area contributed by atoms with E-state index < -0.39 is 232 Å². The highest BCUT2D eigenvalue weighted by Gasteiger charge is 2.75. The second kappa shape index (κ2) is 23.4. The molecule has 4 aliphatic heterocycles. The maximum atomic E-state index is 14.7. The number of hydrogen-bond acceptors (Lipinski definition) is 13. The van der Waals surface area contributed by atoms with Crippen LogP contribution in [0.25, 0.3) is 0 Å². The Kier molecular flexibility index (Phi) is 18.5. The molecule has 4 heterocycles. The molecule has 4 aromatic rings. The predicted octanol–water partition coefficient (Wildman–Crippen LogP) is 7.98. The standard InChI is InChI=1S/C27H27F8NO7S2.C26H23F8NO6S2/c28-19-5-7-20(8-6-19)45(42,43)24(17-1-3-18(4-2-17)25(29,26(30,31)32)27(33,34)35)9-12-36(16-24)22(39)23(21(38)15-37)10-13-44(40,41)14-11-23;27-19-5-7-20(8-6-19)43(40,41)23(17-1-3-18(4-2-17)24(28,25(29,30)31)26(32,33)34)9-12-35(15-23)21(37)22(16-36)10-13-42(38,39)14-11-22/h1-8,21,37-38H,9-16H2;1-8,16H,9-15H2/t21?,24-;23-/m00/s1. The lowest BCUT2D eigenvalue weighted by Gasteiger charge is -2.41. The van der Waals surface area contributed by atoms with Crippen molar-refractivity contribution in [1.82, 2.24) is 9.80 Å². The molecule has 0 bridgehead atoms. The van der Waals surface area contributed by atoms with E-state index in [9.17, 15) is 129 Å². The van der Waals surface area contributed by atoms with Gasteiger partial charge in [-0.1, -0.05) is 48.5 Å². The van der Waals surface area contributed by atoms with Gasteiger partial charge in [0.1, 0.15) is 52.5 Å². The lowest BCUT2D eigenvalue weighted by Crippen LogP contribution is -2.55. The molecule has 4 aliphatic rings. The van der Waals surface area contributed by atoms with Crippen LogP contribution in [0.2, 0.25) is 0 Å². The van der Waals surface area contributed by atoms with Crippen molar-refractivity contribution >= 4 is 57.4 Å². The molecule has 0 aliphatic carbocycles. The fraction of sp³-hybridized carbons (Fsp3) is 0.491. The molecule has 0 saturated carbocycles. The first-order valence-corrected chi connectivity index (χ1v) is 32.5. The lowest BCUT2D eigenvalue weighted by molar-refractivity contribution is -0.349. The highest BCUT2D eigenvalue weighted by atomic mass is 32.2. The Morgan fingerprint density at radius 3 is 1.10 bits per heavy atom. The number of sulfone groups is 4. The third kappa shape index (κ3) is 11.9. The van der Waals surface area contributed by atoms with Crippen molar-refractivity contribution in [3.8, 4) is 0 Å². The molecule has 2 N–H and O–H groups in total. The molecule has 1 unspecified atom stereocenters. The van der Waals surface area contributed by atoms with E-state index in [2.05, 4.69) is 0 Å². The number of rotatable bonds is 13. The normalized spacial score (nSPS) is 22.9. The average molecular weight is 1360 g/mol. The minimum atomic E-state index is -6.43. The van der Waals surface area contributed by atoms with Crippen LogP contribution in [0.3, 0.4) is 0 Å². The van der Waals surface area contributed by atoms with Crippen LogP contribution in [-0.4, -0.2) is 158 Å². The maximum Gasteiger partial charge on any atom is 0.435 e. The number of carbonyl (C=O) groups is 3. The number of hydrogen-bond donors (Lipinski definition) is 2. The zero-order valence-corrected chi connectivity index (χ0v) is 48.2. The third-order valence-electron chi connectivity index (χ3n) is 16.8. The van der Waals surface area contributed by atoms with Crippen molar-refractivity contribution in [3.05, 3.63) is 131 Å². The highest BCUT2D eigenvalue weighted by Crippen LogP contribution is 2.56. The number of halogens is 16. The summed E-state index contributed by atoms with van der Waals surface area (Å²) in [7, 11) is -16.6. The van der Waals surface area contributed by atoms with Crippen LogP contribution in [0, 0.1) is 22.5 Å². The number of amides is 2. The molecule has 0 aromatic heterocycles. The number of aldehydes is 1. The molecule has 0 spiro atoms. The summed E-state index contributed by atoms with van der Waals surface area (Å²) < 4.78 is 316. The van der Waals surface area contributed by atoms with Gasteiger partial charge in [-0.15, -0.1) is 0 Å². The fourth-order valence-corrected chi connectivity index (χ4v) is 18.7. The molecule has 4 fully saturated rings. The SMILES string of the molecule is O=C(N1CC[C@](c2ccc(C(F)(C(F)(F)F)C(F)(F)F)cc2)(S(=O)(=O)c2ccc(F)cc2)C1)C1(C(O)CO)CCS(=O)(=O)CC1.O=CC1(C(=O)N2CC[C@](c3ccc(C(F)(C(F)(F)F)C(F)(F)F)cc3)(S(=O)(=O)c3ccc(F)cc3)C2)CCS(=O)(=O)CC1. The molecule has 3 atom stereocenters. The first kappa shape index (κ1) is 69.6. The van der Waals surface area contributed by atoms with Gasteiger partial charge in [0.25, 0.3) is 0 Å². The number of carbonyl (C=O) groups excluding carboxylic acids is 3. The van der Waals surface area contributed by atoms with Crippen LogP contribution in [0.1, 0.15) is 60.8 Å². The van der Waals surface area contributed by atoms with E-state index in [1.54, 1.807) is 0 Å². The van der Waals surface area contributed by atoms with Gasteiger partial charge in [-0.25, -0.2) is 51.2 Å². The van der Waals surface area contributed by atoms with Gasteiger partial charge in [0.05, 0.1) is 50.9 Å². The fourth-order valence-electron chi connectivity index (χ4n) is 11.5. The van der Waals surface area contributed by atoms with Crippen molar-refractivity contribution in [3.63, 3.8) is 0 Å². The minimum absolute atomic E-state index is 0.145. The predicted molar refractivity (Wildman–Crippen MR) is 275 cm³/mol. The summed E-state index contributed by atoms with van der Waals surface area (Å²) in [6.45, 7) is -3.24. The topological polar surface area (TPSA) is 235 Å². The van der Waals surface area contributed by atoms with E-state index in [0.717, 1.165) is 58.3 Å². The summed E-state index contributed by atoms with van der Waals surface area (Å²) in [4.78, 5) is 40.4. The average Bonchev–Trinajstić information content (AvgIpc) is 1.40. The molecule has 4 saturated heterocycles. The van der Waals surface area contributed by atoms with Crippen molar-refractivity contribution in [1.29, 1.82) is 0 Å². The van der Waals surface area contributed by atoms with Crippen LogP contribution in [0.4, 0.5) is 70.2 Å². The second-order valence-corrected chi connectivity index (χ2v) is 30.9. The highest BCUT2D eigenvalue weighted by molar-refractivity contribution is 7.93. The Morgan fingerprint density at radius 2 is 0.807 bits per heavy atom. The number of likely N-dealkylation sites (tertiary alicyclic amines) is 2. The van der Waals surface area contributed by atoms with E-state index in [1.165, 1.54) is 0 Å². The van der Waals surface area contributed by atoms with E-state index in [1.807, 2.05) is 0 Å². The summed E-state index contributed by atoms with van der Waals surface area (Å²) in [6.07, 6.45) is -29.8. The quantitative estimate of drug-likeness (QED) is 0.0560. The molecular weight excluding hydrogens is 1300 g/mol. The van der Waals surface area contributed by atoms with E-state index in [4.69, 9.17) is 0 Å². The van der Waals surface area contributed by atoms with Gasteiger partial charge in [0, 0.05) is 37.3 Å². The maximum absolute atomic E-state index is 14.7. The van der Waals surface area contributed by atoms with Gasteiger partial charge in [-0.05, 0) is 98.2 Å². The first-order chi connectivity index (χ1) is 40.2. The lowest BCUT2D eigenvalue weighted by atomic mass is 9.75. The zero-order chi connectivity index (χ0) is 66.1. The Morgan fingerprint density at radius 1 is 0.500 bits per heavy atom. The Bertz CT molecular complexity index is 3700. The van der Waals surface area contributed by atoms with Crippen LogP contribution >= 0.6 is 0 Å². The van der Waals surface area contributed by atoms with Gasteiger partial charge in [0.2, 0.25) is 11.8 Å². The van der Waals surface area contributed by atoms with Gasteiger partial charge < -0.3 is 24.8 Å². The Labute approximate surface area is 491 Å². The smallest absolute Gasteiger partial charge is 0.394 e. The van der Waals surface area contributed by atoms with Crippen molar-refractivity contribution in [2.24, 2.45) is 10.8 Å². The van der Waals surface area contributed by atoms with Gasteiger partial charge in [0.15, 0.2) is 19.7 Å². The second-order valence-electron chi connectivity index (χ2n) is 21.8. The first-order valence-electron chi connectivity index (χ1n) is 25.9. The van der Waals surface area contributed by atoms with Gasteiger partial charge in [-0.2, -0.15) is 52.7 Å². The van der Waals surface area contributed by atoms with Crippen LogP contribution in [-0.2, 0) is 74.6 Å². The summed E-state index contributed by atoms with van der Waals surface area (Å²) in [6, 6.07) is 9.59. The molecule has 35 heteroatoms. The number of alkyl halides is 14. The van der Waals surface area contributed by atoms with Crippen molar-refractivity contribution < 1.29 is 129 Å². The summed E-state index contributed by atoms with van der Waals surface area (Å²) in [5, 5.41) is 20.3. The molecular formula is C53H50F16N2O13S4. The summed E-state index contributed by atoms with van der Waals surface area (Å²) in [5.74, 6) is -5.53. The Balaban J connectivity index is 0.000000251. The molecule has 15 nitrogen and oxygen atoms in total. The monoisotopic (exact) mass is 1350 g/mol. The summed E-state index contributed by atoms with van der Waals surface area (Å²) >= 11 is 0. The number of nitrogens with zero attached hydrogens (tertiary/aromatic N) is 2. The van der Waals surface area contributed by atoms with Crippen LogP contribution in [0.5, 0.6) is 0 Å². The number of benzene rings is 4. The van der Waals surface area contributed by atoms with Crippen molar-refractivity contribution in [2.75, 3.05) is 55.8 Å². The van der Waals surface area contributed by atoms with E-state index in [0.29, 0.717) is 24.3 Å². The summed E-state index contributed by atoms with van der Waals surface area (Å²) in [5.41, 5.74) is -19.8. The van der Waals surface area contributed by atoms with Gasteiger partial charge >= 0.3 is 36.0 Å². The van der Waals surface area contributed by atoms with Crippen molar-refractivity contribution in [2.45, 2.75) is 100.0 Å². The van der Waals surface area contributed by atoms with Gasteiger partial charge in [-0.3, -0.25) is 9.59 Å². The number of aliphatic hydroxyl groups is 2. The largest absolute Gasteiger partial charge is 0.435 e. The zero-order valence-electron chi connectivity index (χ0n) is 45.0. The van der Waals surface area contributed by atoms with Crippen LogP contribution < -0.4 is 0 Å². The minimum Gasteiger partial charge on any atom is -0.394 e. The van der Waals surface area contributed by atoms with E-state index in [-0.39, 0.29) is 49.9 Å². The molecule has 8 rings (SSSR count). The van der Waals surface area contributed by atoms with Crippen LogP contribution in [0.15, 0.2) is 107 Å². The third-order valence-corrected chi connectivity index (χ3v) is 25.1. The number of aliphatic hydroxyl groups excluding tert-OH is 2. The molecule has 486 valence electrons. The molecule has 0 radical (unpaired) electrons. The van der Waals surface area contributed by atoms with E-state index >= 15 is 0 Å².